The van der Waals surface area contributed by atoms with E-state index in [9.17, 15) is 4.79 Å². The van der Waals surface area contributed by atoms with E-state index in [1.807, 2.05) is 24.4 Å². The number of thiazole rings is 2. The first-order valence-electron chi connectivity index (χ1n) is 7.14. The van der Waals surface area contributed by atoms with Crippen molar-refractivity contribution in [1.29, 1.82) is 0 Å². The van der Waals surface area contributed by atoms with Crippen LogP contribution in [0.25, 0.3) is 10.6 Å². The first-order chi connectivity index (χ1) is 11.2. The Morgan fingerprint density at radius 2 is 2.17 bits per heavy atom. The lowest BCUT2D eigenvalue weighted by Crippen LogP contribution is -2.12. The zero-order valence-electron chi connectivity index (χ0n) is 12.3. The van der Waals surface area contributed by atoms with Gasteiger partial charge in [-0.3, -0.25) is 10.1 Å². The molecule has 0 radical (unpaired) electrons. The second kappa shape index (κ2) is 5.75. The van der Waals surface area contributed by atoms with Gasteiger partial charge < -0.3 is 4.74 Å². The topological polar surface area (TPSA) is 64.1 Å². The van der Waals surface area contributed by atoms with Gasteiger partial charge in [0.25, 0.3) is 5.91 Å². The van der Waals surface area contributed by atoms with Gasteiger partial charge in [-0.1, -0.05) is 0 Å². The molecule has 0 fully saturated rings. The quantitative estimate of drug-likeness (QED) is 0.786. The number of hydrogen-bond donors (Lipinski definition) is 1. The summed E-state index contributed by atoms with van der Waals surface area (Å²) in [5.74, 6) is 0.716. The SMILES string of the molecule is Cc1csc(NC(=O)c2csc(-c3ccc4c(c3)CCO4)n2)n1. The summed E-state index contributed by atoms with van der Waals surface area (Å²) < 4.78 is 5.51. The third kappa shape index (κ3) is 2.85. The standard InChI is InChI=1S/C16H13N3O2S2/c1-9-7-23-16(17-9)19-14(20)12-8-22-15(18-12)11-2-3-13-10(6-11)4-5-21-13/h2-3,6-8H,4-5H2,1H3,(H,17,19,20). The molecule has 1 amide bonds. The molecule has 0 unspecified atom stereocenters. The Balaban J connectivity index is 1.55. The lowest BCUT2D eigenvalue weighted by molar-refractivity contribution is 0.102. The van der Waals surface area contributed by atoms with E-state index in [-0.39, 0.29) is 5.91 Å². The van der Waals surface area contributed by atoms with Gasteiger partial charge in [-0.15, -0.1) is 22.7 Å². The summed E-state index contributed by atoms with van der Waals surface area (Å²) in [5.41, 5.74) is 3.52. The molecule has 0 saturated carbocycles. The van der Waals surface area contributed by atoms with Gasteiger partial charge in [0.15, 0.2) is 5.13 Å². The first-order valence-corrected chi connectivity index (χ1v) is 8.90. The molecular weight excluding hydrogens is 330 g/mol. The maximum atomic E-state index is 12.2. The normalized spacial score (nSPS) is 12.7. The molecule has 0 atom stereocenters. The second-order valence-electron chi connectivity index (χ2n) is 5.21. The van der Waals surface area contributed by atoms with E-state index in [1.165, 1.54) is 28.2 Å². The van der Waals surface area contributed by atoms with E-state index in [0.717, 1.165) is 35.0 Å². The zero-order valence-corrected chi connectivity index (χ0v) is 14.0. The van der Waals surface area contributed by atoms with E-state index in [0.29, 0.717) is 10.8 Å². The number of aromatic nitrogens is 2. The van der Waals surface area contributed by atoms with Gasteiger partial charge in [0.2, 0.25) is 0 Å². The molecule has 116 valence electrons. The molecule has 1 aliphatic heterocycles. The molecule has 1 aromatic carbocycles. The number of fused-ring (bicyclic) bond motifs is 1. The largest absolute Gasteiger partial charge is 0.493 e. The Kier molecular flexibility index (Phi) is 3.59. The fourth-order valence-corrected chi connectivity index (χ4v) is 3.88. The summed E-state index contributed by atoms with van der Waals surface area (Å²) in [7, 11) is 0. The van der Waals surface area contributed by atoms with E-state index in [1.54, 1.807) is 5.38 Å². The molecule has 0 bridgehead atoms. The lowest BCUT2D eigenvalue weighted by atomic mass is 10.1. The first kappa shape index (κ1) is 14.3. The molecule has 4 rings (SSSR count). The molecule has 0 saturated heterocycles. The van der Waals surface area contributed by atoms with Crippen molar-refractivity contribution in [3.63, 3.8) is 0 Å². The van der Waals surface area contributed by atoms with Crippen LogP contribution >= 0.6 is 22.7 Å². The Hall–Kier alpha value is -2.25. The minimum absolute atomic E-state index is 0.230. The van der Waals surface area contributed by atoms with Crippen LogP contribution in [0.5, 0.6) is 5.75 Å². The van der Waals surface area contributed by atoms with Gasteiger partial charge in [-0.05, 0) is 30.7 Å². The van der Waals surface area contributed by atoms with Crippen molar-refractivity contribution in [2.45, 2.75) is 13.3 Å². The molecule has 0 spiro atoms. The predicted molar refractivity (Wildman–Crippen MR) is 91.6 cm³/mol. The van der Waals surface area contributed by atoms with Gasteiger partial charge in [-0.2, -0.15) is 0 Å². The number of nitrogens with zero attached hydrogens (tertiary/aromatic N) is 2. The van der Waals surface area contributed by atoms with Crippen LogP contribution in [-0.2, 0) is 6.42 Å². The molecule has 1 aliphatic rings. The minimum atomic E-state index is -0.230. The monoisotopic (exact) mass is 343 g/mol. The summed E-state index contributed by atoms with van der Waals surface area (Å²) in [6, 6.07) is 6.04. The minimum Gasteiger partial charge on any atom is -0.493 e. The number of aryl methyl sites for hydroxylation is 1. The van der Waals surface area contributed by atoms with E-state index >= 15 is 0 Å². The summed E-state index contributed by atoms with van der Waals surface area (Å²) >= 11 is 2.87. The smallest absolute Gasteiger partial charge is 0.276 e. The van der Waals surface area contributed by atoms with Crippen molar-refractivity contribution in [2.75, 3.05) is 11.9 Å². The molecule has 0 aliphatic carbocycles. The molecule has 3 heterocycles. The van der Waals surface area contributed by atoms with Crippen molar-refractivity contribution >= 4 is 33.7 Å². The summed E-state index contributed by atoms with van der Waals surface area (Å²) in [4.78, 5) is 20.9. The van der Waals surface area contributed by atoms with Crippen LogP contribution in [0.3, 0.4) is 0 Å². The summed E-state index contributed by atoms with van der Waals surface area (Å²) in [6.45, 7) is 2.63. The molecule has 5 nitrogen and oxygen atoms in total. The number of benzene rings is 1. The van der Waals surface area contributed by atoms with Crippen molar-refractivity contribution in [1.82, 2.24) is 9.97 Å². The number of nitrogens with one attached hydrogen (secondary N) is 1. The number of ether oxygens (including phenoxy) is 1. The average molecular weight is 343 g/mol. The van der Waals surface area contributed by atoms with Crippen molar-refractivity contribution in [2.24, 2.45) is 0 Å². The Labute approximate surface area is 141 Å². The van der Waals surface area contributed by atoms with Crippen molar-refractivity contribution < 1.29 is 9.53 Å². The average Bonchev–Trinajstić information content (AvgIpc) is 3.26. The number of carbonyl (C=O) groups excluding carboxylic acids is 1. The van der Waals surface area contributed by atoms with Crippen molar-refractivity contribution in [3.05, 3.63) is 45.9 Å². The molecule has 23 heavy (non-hydrogen) atoms. The van der Waals surface area contributed by atoms with Crippen LogP contribution in [0.1, 0.15) is 21.7 Å². The van der Waals surface area contributed by atoms with Crippen LogP contribution in [0.2, 0.25) is 0 Å². The maximum Gasteiger partial charge on any atom is 0.276 e. The van der Waals surface area contributed by atoms with Crippen LogP contribution in [0, 0.1) is 6.92 Å². The highest BCUT2D eigenvalue weighted by molar-refractivity contribution is 7.14. The van der Waals surface area contributed by atoms with Crippen LogP contribution in [-0.4, -0.2) is 22.5 Å². The second-order valence-corrected chi connectivity index (χ2v) is 6.92. The van der Waals surface area contributed by atoms with E-state index < -0.39 is 0 Å². The highest BCUT2D eigenvalue weighted by atomic mass is 32.1. The van der Waals surface area contributed by atoms with Gasteiger partial charge in [0.1, 0.15) is 16.5 Å². The summed E-state index contributed by atoms with van der Waals surface area (Å²) in [5, 5.41) is 7.88. The van der Waals surface area contributed by atoms with Crippen LogP contribution < -0.4 is 10.1 Å². The van der Waals surface area contributed by atoms with Gasteiger partial charge in [0.05, 0.1) is 12.3 Å². The Bertz CT molecular complexity index is 885. The molecule has 2 aromatic heterocycles. The number of rotatable bonds is 3. The molecule has 3 aromatic rings. The highest BCUT2D eigenvalue weighted by Gasteiger charge is 2.16. The third-order valence-corrected chi connectivity index (χ3v) is 5.28. The van der Waals surface area contributed by atoms with Crippen LogP contribution in [0.15, 0.2) is 29.0 Å². The predicted octanol–water partition coefficient (Wildman–Crippen LogP) is 3.76. The fourth-order valence-electron chi connectivity index (χ4n) is 2.40. The third-order valence-electron chi connectivity index (χ3n) is 3.51. The van der Waals surface area contributed by atoms with Gasteiger partial charge in [-0.25, -0.2) is 9.97 Å². The molecule has 1 N–H and O–H groups in total. The number of anilines is 1. The summed E-state index contributed by atoms with van der Waals surface area (Å²) in [6.07, 6.45) is 0.922. The van der Waals surface area contributed by atoms with Gasteiger partial charge >= 0.3 is 0 Å². The highest BCUT2D eigenvalue weighted by Crippen LogP contribution is 2.32. The fraction of sp³-hybridized carbons (Fsp3) is 0.188. The van der Waals surface area contributed by atoms with Crippen LogP contribution in [0.4, 0.5) is 5.13 Å². The van der Waals surface area contributed by atoms with Gasteiger partial charge in [0, 0.05) is 22.7 Å². The van der Waals surface area contributed by atoms with Crippen molar-refractivity contribution in [3.8, 4) is 16.3 Å². The van der Waals surface area contributed by atoms with E-state index in [4.69, 9.17) is 4.74 Å². The number of amides is 1. The maximum absolute atomic E-state index is 12.2. The Morgan fingerprint density at radius 1 is 1.26 bits per heavy atom. The zero-order chi connectivity index (χ0) is 15.8. The van der Waals surface area contributed by atoms with E-state index in [2.05, 4.69) is 21.4 Å². The Morgan fingerprint density at radius 3 is 3.00 bits per heavy atom. The molecular formula is C16H13N3O2S2. The lowest BCUT2D eigenvalue weighted by Gasteiger charge is -2.01. The molecule has 7 heteroatoms. The number of hydrogen-bond acceptors (Lipinski definition) is 6. The number of carbonyl (C=O) groups is 1.